The van der Waals surface area contributed by atoms with Crippen LogP contribution in [0, 0.1) is 17.8 Å². The Kier molecular flexibility index (Phi) is 4.12. The van der Waals surface area contributed by atoms with E-state index in [1.54, 1.807) is 6.08 Å². The third-order valence-corrected chi connectivity index (χ3v) is 3.14. The molecule has 1 aliphatic carbocycles. The molecule has 0 aromatic heterocycles. The van der Waals surface area contributed by atoms with E-state index in [1.165, 1.54) is 0 Å². The zero-order valence-corrected chi connectivity index (χ0v) is 9.36. The molecule has 1 heteroatoms. The molecule has 0 amide bonds. The second-order valence-electron chi connectivity index (χ2n) is 4.12. The Morgan fingerprint density at radius 1 is 1.57 bits per heavy atom. The minimum atomic E-state index is 0.209. The second-order valence-corrected chi connectivity index (χ2v) is 4.12. The van der Waals surface area contributed by atoms with E-state index in [4.69, 9.17) is 0 Å². The van der Waals surface area contributed by atoms with Crippen LogP contribution < -0.4 is 0 Å². The van der Waals surface area contributed by atoms with Crippen molar-refractivity contribution in [3.63, 3.8) is 0 Å². The molecule has 78 valence electrons. The highest BCUT2D eigenvalue weighted by Gasteiger charge is 2.30. The largest absolute Gasteiger partial charge is 0.295 e. The molecule has 1 aliphatic rings. The molecular weight excluding hydrogens is 172 g/mol. The van der Waals surface area contributed by atoms with E-state index in [0.717, 1.165) is 12.8 Å². The van der Waals surface area contributed by atoms with Crippen molar-refractivity contribution in [3.05, 3.63) is 24.3 Å². The minimum absolute atomic E-state index is 0.209. The first kappa shape index (κ1) is 11.2. The van der Waals surface area contributed by atoms with Gasteiger partial charge in [0.2, 0.25) is 0 Å². The first-order chi connectivity index (χ1) is 6.70. The highest BCUT2D eigenvalue weighted by Crippen LogP contribution is 2.33. The lowest BCUT2D eigenvalue weighted by atomic mass is 9.73. The molecule has 0 saturated heterocycles. The zero-order valence-electron chi connectivity index (χ0n) is 9.36. The predicted octanol–water partition coefficient (Wildman–Crippen LogP) is 3.37. The van der Waals surface area contributed by atoms with Crippen LogP contribution in [0.2, 0.25) is 0 Å². The molecule has 0 fully saturated rings. The molecule has 0 saturated carbocycles. The van der Waals surface area contributed by atoms with E-state index in [9.17, 15) is 4.79 Å². The summed E-state index contributed by atoms with van der Waals surface area (Å²) in [5.74, 6) is 1.45. The maximum Gasteiger partial charge on any atom is 0.159 e. The summed E-state index contributed by atoms with van der Waals surface area (Å²) < 4.78 is 0. The second kappa shape index (κ2) is 5.14. The fourth-order valence-electron chi connectivity index (χ4n) is 2.35. The lowest BCUT2D eigenvalue weighted by molar-refractivity contribution is -0.121. The fourth-order valence-corrected chi connectivity index (χ4v) is 2.35. The number of carbonyl (C=O) groups is 1. The molecule has 1 rings (SSSR count). The zero-order chi connectivity index (χ0) is 10.6. The Morgan fingerprint density at radius 3 is 2.86 bits per heavy atom. The quantitative estimate of drug-likeness (QED) is 0.495. The lowest BCUT2D eigenvalue weighted by Gasteiger charge is -2.30. The monoisotopic (exact) mass is 192 g/mol. The number of carbonyl (C=O) groups excluding carboxylic acids is 1. The minimum Gasteiger partial charge on any atom is -0.295 e. The number of rotatable bonds is 3. The summed E-state index contributed by atoms with van der Waals surface area (Å²) in [6.07, 6.45) is 10.1. The first-order valence-electron chi connectivity index (χ1n) is 5.53. The standard InChI is InChI=1S/C13H20O/c1-4-7-12(14)13-10(3)8-6-9-11(13)5-2/h4,6-8,10-11,13H,5,9H2,1-3H3. The summed E-state index contributed by atoms with van der Waals surface area (Å²) in [7, 11) is 0. The van der Waals surface area contributed by atoms with Gasteiger partial charge in [-0.25, -0.2) is 0 Å². The van der Waals surface area contributed by atoms with Crippen molar-refractivity contribution >= 4 is 5.78 Å². The van der Waals surface area contributed by atoms with Gasteiger partial charge in [-0.2, -0.15) is 0 Å². The molecule has 0 radical (unpaired) electrons. The Hall–Kier alpha value is -0.850. The molecule has 1 nitrogen and oxygen atoms in total. The smallest absolute Gasteiger partial charge is 0.159 e. The van der Waals surface area contributed by atoms with E-state index in [2.05, 4.69) is 26.0 Å². The van der Waals surface area contributed by atoms with E-state index in [1.807, 2.05) is 13.0 Å². The highest BCUT2D eigenvalue weighted by molar-refractivity contribution is 5.92. The molecule has 0 aromatic carbocycles. The van der Waals surface area contributed by atoms with Gasteiger partial charge in [-0.1, -0.05) is 38.5 Å². The predicted molar refractivity (Wildman–Crippen MR) is 60.0 cm³/mol. The molecule has 14 heavy (non-hydrogen) atoms. The van der Waals surface area contributed by atoms with Crippen molar-refractivity contribution in [1.82, 2.24) is 0 Å². The van der Waals surface area contributed by atoms with E-state index < -0.39 is 0 Å². The van der Waals surface area contributed by atoms with Gasteiger partial charge in [0.25, 0.3) is 0 Å². The topological polar surface area (TPSA) is 17.1 Å². The van der Waals surface area contributed by atoms with Gasteiger partial charge in [0.05, 0.1) is 0 Å². The third-order valence-electron chi connectivity index (χ3n) is 3.14. The molecule has 3 unspecified atom stereocenters. The average Bonchev–Trinajstić information content (AvgIpc) is 2.17. The number of ketones is 1. The summed E-state index contributed by atoms with van der Waals surface area (Å²) in [6, 6.07) is 0. The van der Waals surface area contributed by atoms with Crippen LogP contribution in [0.4, 0.5) is 0 Å². The molecular formula is C13H20O. The van der Waals surface area contributed by atoms with E-state index in [-0.39, 0.29) is 5.92 Å². The van der Waals surface area contributed by atoms with Crippen LogP contribution in [0.3, 0.4) is 0 Å². The van der Waals surface area contributed by atoms with Gasteiger partial charge in [-0.15, -0.1) is 0 Å². The maximum atomic E-state index is 11.9. The van der Waals surface area contributed by atoms with Gasteiger partial charge < -0.3 is 0 Å². The van der Waals surface area contributed by atoms with Crippen LogP contribution in [-0.4, -0.2) is 5.78 Å². The third kappa shape index (κ3) is 2.34. The van der Waals surface area contributed by atoms with Crippen molar-refractivity contribution in [2.24, 2.45) is 17.8 Å². The Labute approximate surface area is 86.9 Å². The Bertz CT molecular complexity index is 250. The van der Waals surface area contributed by atoms with Crippen LogP contribution >= 0.6 is 0 Å². The summed E-state index contributed by atoms with van der Waals surface area (Å²) in [5.41, 5.74) is 0. The average molecular weight is 192 g/mol. The van der Waals surface area contributed by atoms with Gasteiger partial charge in [-0.05, 0) is 31.3 Å². The SMILES string of the molecule is CC=CC(=O)C1C(C)C=CCC1CC. The molecule has 0 spiro atoms. The lowest BCUT2D eigenvalue weighted by Crippen LogP contribution is -2.29. The molecule has 3 atom stereocenters. The van der Waals surface area contributed by atoms with Gasteiger partial charge in [-0.3, -0.25) is 4.79 Å². The maximum absolute atomic E-state index is 11.9. The summed E-state index contributed by atoms with van der Waals surface area (Å²) in [6.45, 7) is 6.22. The summed E-state index contributed by atoms with van der Waals surface area (Å²) in [4.78, 5) is 11.9. The normalized spacial score (nSPS) is 32.4. The van der Waals surface area contributed by atoms with E-state index in [0.29, 0.717) is 17.6 Å². The Balaban J connectivity index is 2.80. The number of allylic oxidation sites excluding steroid dienone is 4. The van der Waals surface area contributed by atoms with Gasteiger partial charge in [0, 0.05) is 5.92 Å². The first-order valence-corrected chi connectivity index (χ1v) is 5.53. The van der Waals surface area contributed by atoms with Crippen molar-refractivity contribution in [3.8, 4) is 0 Å². The number of hydrogen-bond acceptors (Lipinski definition) is 1. The van der Waals surface area contributed by atoms with Crippen molar-refractivity contribution in [1.29, 1.82) is 0 Å². The van der Waals surface area contributed by atoms with Gasteiger partial charge in [0.15, 0.2) is 5.78 Å². The summed E-state index contributed by atoms with van der Waals surface area (Å²) in [5, 5.41) is 0. The van der Waals surface area contributed by atoms with Crippen molar-refractivity contribution < 1.29 is 4.79 Å². The van der Waals surface area contributed by atoms with Crippen LogP contribution in [0.1, 0.15) is 33.6 Å². The Morgan fingerprint density at radius 2 is 2.29 bits per heavy atom. The van der Waals surface area contributed by atoms with Crippen molar-refractivity contribution in [2.75, 3.05) is 0 Å². The van der Waals surface area contributed by atoms with Crippen LogP contribution in [0.25, 0.3) is 0 Å². The molecule has 0 bridgehead atoms. The van der Waals surface area contributed by atoms with Gasteiger partial charge >= 0.3 is 0 Å². The molecule has 0 aromatic rings. The molecule has 0 aliphatic heterocycles. The van der Waals surface area contributed by atoms with Crippen LogP contribution in [0.5, 0.6) is 0 Å². The van der Waals surface area contributed by atoms with Crippen LogP contribution in [-0.2, 0) is 4.79 Å². The fraction of sp³-hybridized carbons (Fsp3) is 0.615. The number of hydrogen-bond donors (Lipinski definition) is 0. The van der Waals surface area contributed by atoms with Crippen LogP contribution in [0.15, 0.2) is 24.3 Å². The van der Waals surface area contributed by atoms with E-state index >= 15 is 0 Å². The molecule has 0 heterocycles. The summed E-state index contributed by atoms with van der Waals surface area (Å²) >= 11 is 0. The highest BCUT2D eigenvalue weighted by atomic mass is 16.1. The molecule has 0 N–H and O–H groups in total. The van der Waals surface area contributed by atoms with Gasteiger partial charge in [0.1, 0.15) is 0 Å². The van der Waals surface area contributed by atoms with Crippen molar-refractivity contribution in [2.45, 2.75) is 33.6 Å².